The Morgan fingerprint density at radius 3 is 2.16 bits per heavy atom. The van der Waals surface area contributed by atoms with Gasteiger partial charge in [-0.2, -0.15) is 11.8 Å². The molecule has 0 spiro atoms. The van der Waals surface area contributed by atoms with Crippen LogP contribution in [0.25, 0.3) is 0 Å². The smallest absolute Gasteiger partial charge is 0.326 e. The highest BCUT2D eigenvalue weighted by molar-refractivity contribution is 7.98. The minimum absolute atomic E-state index is 0.0459. The number of hydrogen-bond donors (Lipinski definition) is 8. The first-order valence-electron chi connectivity index (χ1n) is 11.9. The molecule has 1 heterocycles. The van der Waals surface area contributed by atoms with Crippen LogP contribution >= 0.6 is 11.8 Å². The van der Waals surface area contributed by atoms with E-state index in [0.717, 1.165) is 0 Å². The van der Waals surface area contributed by atoms with Crippen molar-refractivity contribution in [2.45, 2.75) is 69.1 Å². The lowest BCUT2D eigenvalue weighted by Crippen LogP contribution is -2.57. The highest BCUT2D eigenvalue weighted by atomic mass is 32.2. The van der Waals surface area contributed by atoms with Crippen LogP contribution in [0.1, 0.15) is 44.2 Å². The van der Waals surface area contributed by atoms with Gasteiger partial charge in [-0.05, 0) is 50.7 Å². The van der Waals surface area contributed by atoms with Gasteiger partial charge in [-0.15, -0.1) is 0 Å². The van der Waals surface area contributed by atoms with Gasteiger partial charge in [0.15, 0.2) is 0 Å². The average molecular weight is 543 g/mol. The van der Waals surface area contributed by atoms with Crippen molar-refractivity contribution in [2.24, 2.45) is 17.2 Å². The number of carboxylic acid groups (broad SMARTS) is 1. The molecule has 0 bridgehead atoms. The fourth-order valence-corrected chi connectivity index (χ4v) is 3.82. The number of nitrogens with one attached hydrogen (secondary N) is 4. The van der Waals surface area contributed by atoms with Crippen LogP contribution in [-0.4, -0.2) is 87.4 Å². The number of hydrogen-bond acceptors (Lipinski definition) is 9. The molecule has 1 rings (SSSR count). The Morgan fingerprint density at radius 1 is 1.00 bits per heavy atom. The molecule has 0 aliphatic carbocycles. The maximum absolute atomic E-state index is 13.1. The van der Waals surface area contributed by atoms with Gasteiger partial charge in [0.25, 0.3) is 0 Å². The molecule has 0 aromatic carbocycles. The van der Waals surface area contributed by atoms with Gasteiger partial charge < -0.3 is 43.2 Å². The number of aliphatic carboxylic acids is 1. The summed E-state index contributed by atoms with van der Waals surface area (Å²) in [5, 5.41) is 17.1. The van der Waals surface area contributed by atoms with Crippen LogP contribution in [0, 0.1) is 0 Å². The number of carboxylic acids is 1. The SMILES string of the molecule is CSCCC(N)C(=O)NC(CCC(N)=O)C(=O)NC(CCCCN)C(=O)NC(Cc1cnc[nH]1)C(=O)O. The van der Waals surface area contributed by atoms with Crippen molar-refractivity contribution in [1.29, 1.82) is 0 Å². The number of aromatic amines is 1. The van der Waals surface area contributed by atoms with Gasteiger partial charge in [-0.1, -0.05) is 0 Å². The Hall–Kier alpha value is -3.17. The number of carbonyl (C=O) groups excluding carboxylic acids is 4. The Labute approximate surface area is 219 Å². The third-order valence-electron chi connectivity index (χ3n) is 5.46. The Balaban J connectivity index is 2.98. The van der Waals surface area contributed by atoms with E-state index >= 15 is 0 Å². The van der Waals surface area contributed by atoms with Crippen molar-refractivity contribution >= 4 is 41.4 Å². The molecule has 0 saturated heterocycles. The second-order valence-electron chi connectivity index (χ2n) is 8.48. The summed E-state index contributed by atoms with van der Waals surface area (Å²) < 4.78 is 0. The van der Waals surface area contributed by atoms with Crippen LogP contribution in [0.15, 0.2) is 12.5 Å². The summed E-state index contributed by atoms with van der Waals surface area (Å²) in [5.74, 6) is -3.30. The topological polar surface area (TPSA) is 248 Å². The van der Waals surface area contributed by atoms with Gasteiger partial charge >= 0.3 is 5.97 Å². The zero-order chi connectivity index (χ0) is 27.8. The molecule has 208 valence electrons. The number of nitrogens with zero attached hydrogens (tertiary/aromatic N) is 1. The van der Waals surface area contributed by atoms with Crippen molar-refractivity contribution in [1.82, 2.24) is 25.9 Å². The number of imidazole rings is 1. The molecular weight excluding hydrogens is 504 g/mol. The largest absolute Gasteiger partial charge is 0.480 e. The summed E-state index contributed by atoms with van der Waals surface area (Å²) in [6.07, 6.45) is 5.97. The lowest BCUT2D eigenvalue weighted by Gasteiger charge is -2.25. The molecule has 11 N–H and O–H groups in total. The lowest BCUT2D eigenvalue weighted by molar-refractivity contribution is -0.142. The number of amides is 4. The normalized spacial score (nSPS) is 14.1. The summed E-state index contributed by atoms with van der Waals surface area (Å²) in [4.78, 5) is 68.3. The third-order valence-corrected chi connectivity index (χ3v) is 6.10. The van der Waals surface area contributed by atoms with Gasteiger partial charge in [0.1, 0.15) is 18.1 Å². The van der Waals surface area contributed by atoms with Gasteiger partial charge in [0.2, 0.25) is 23.6 Å². The van der Waals surface area contributed by atoms with Crippen LogP contribution in [0.5, 0.6) is 0 Å². The predicted octanol–water partition coefficient (Wildman–Crippen LogP) is -2.03. The molecule has 15 heteroatoms. The molecule has 0 aliphatic rings. The zero-order valence-corrected chi connectivity index (χ0v) is 21.7. The van der Waals surface area contributed by atoms with Crippen LogP contribution < -0.4 is 33.2 Å². The average Bonchev–Trinajstić information content (AvgIpc) is 3.36. The van der Waals surface area contributed by atoms with Crippen LogP contribution in [-0.2, 0) is 30.4 Å². The molecule has 0 saturated carbocycles. The highest BCUT2D eigenvalue weighted by Gasteiger charge is 2.30. The Kier molecular flexibility index (Phi) is 14.9. The molecule has 1 aromatic rings. The minimum atomic E-state index is -1.28. The molecule has 14 nitrogen and oxygen atoms in total. The van der Waals surface area contributed by atoms with Gasteiger partial charge in [0.05, 0.1) is 12.4 Å². The quantitative estimate of drug-likeness (QED) is 0.0890. The van der Waals surface area contributed by atoms with Crippen molar-refractivity contribution in [3.05, 3.63) is 18.2 Å². The van der Waals surface area contributed by atoms with E-state index in [4.69, 9.17) is 17.2 Å². The first kappa shape index (κ1) is 31.9. The number of nitrogens with two attached hydrogens (primary N) is 3. The van der Waals surface area contributed by atoms with E-state index in [1.807, 2.05) is 6.26 Å². The fourth-order valence-electron chi connectivity index (χ4n) is 3.33. The highest BCUT2D eigenvalue weighted by Crippen LogP contribution is 2.07. The minimum Gasteiger partial charge on any atom is -0.480 e. The molecule has 37 heavy (non-hydrogen) atoms. The number of carbonyl (C=O) groups is 5. The van der Waals surface area contributed by atoms with Crippen LogP contribution in [0.2, 0.25) is 0 Å². The van der Waals surface area contributed by atoms with Gasteiger partial charge in [0, 0.05) is 24.7 Å². The van der Waals surface area contributed by atoms with E-state index in [-0.39, 0.29) is 25.7 Å². The summed E-state index contributed by atoms with van der Waals surface area (Å²) in [6, 6.07) is -4.42. The van der Waals surface area contributed by atoms with Crippen LogP contribution in [0.4, 0.5) is 0 Å². The summed E-state index contributed by atoms with van der Waals surface area (Å²) in [5.41, 5.74) is 17.2. The Morgan fingerprint density at radius 2 is 1.62 bits per heavy atom. The number of aromatic nitrogens is 2. The third kappa shape index (κ3) is 12.6. The molecule has 0 aliphatic heterocycles. The van der Waals surface area contributed by atoms with E-state index in [9.17, 15) is 29.1 Å². The Bertz CT molecular complexity index is 885. The van der Waals surface area contributed by atoms with Crippen molar-refractivity contribution in [3.63, 3.8) is 0 Å². The number of unbranched alkanes of at least 4 members (excludes halogenated alkanes) is 1. The second-order valence-corrected chi connectivity index (χ2v) is 9.47. The number of primary amides is 1. The summed E-state index contributed by atoms with van der Waals surface area (Å²) in [6.45, 7) is 0.366. The number of thioether (sulfide) groups is 1. The van der Waals surface area contributed by atoms with Gasteiger partial charge in [-0.3, -0.25) is 19.2 Å². The number of rotatable bonds is 19. The van der Waals surface area contributed by atoms with Crippen molar-refractivity contribution in [2.75, 3.05) is 18.6 Å². The van der Waals surface area contributed by atoms with Crippen molar-refractivity contribution in [3.8, 4) is 0 Å². The van der Waals surface area contributed by atoms with E-state index < -0.39 is 53.8 Å². The number of H-pyrrole nitrogens is 1. The van der Waals surface area contributed by atoms with Crippen molar-refractivity contribution < 1.29 is 29.1 Å². The summed E-state index contributed by atoms with van der Waals surface area (Å²) >= 11 is 1.51. The molecule has 4 unspecified atom stereocenters. The van der Waals surface area contributed by atoms with Crippen LogP contribution in [0.3, 0.4) is 0 Å². The van der Waals surface area contributed by atoms with E-state index in [1.165, 1.54) is 24.3 Å². The standard InChI is InChI=1S/C22H38N8O6S/c1-37-9-7-14(24)19(32)28-16(5-6-18(25)31)21(34)29-15(4-2-3-8-23)20(33)30-17(22(35)36)10-13-11-26-12-27-13/h11-12,14-17H,2-10,23-24H2,1H3,(H2,25,31)(H,26,27)(H,28,32)(H,29,34)(H,30,33)(H,35,36). The first-order chi connectivity index (χ1) is 17.6. The van der Waals surface area contributed by atoms with Gasteiger partial charge in [-0.25, -0.2) is 9.78 Å². The lowest BCUT2D eigenvalue weighted by atomic mass is 10.0. The maximum Gasteiger partial charge on any atom is 0.326 e. The molecular formula is C22H38N8O6S. The molecule has 4 atom stereocenters. The predicted molar refractivity (Wildman–Crippen MR) is 138 cm³/mol. The molecule has 1 aromatic heterocycles. The zero-order valence-electron chi connectivity index (χ0n) is 20.9. The fraction of sp³-hybridized carbons (Fsp3) is 0.636. The van der Waals surface area contributed by atoms with E-state index in [2.05, 4.69) is 25.9 Å². The summed E-state index contributed by atoms with van der Waals surface area (Å²) in [7, 11) is 0. The molecule has 0 fully saturated rings. The second kappa shape index (κ2) is 17.3. The monoisotopic (exact) mass is 542 g/mol. The van der Waals surface area contributed by atoms with E-state index in [1.54, 1.807) is 0 Å². The molecule has 4 amide bonds. The maximum atomic E-state index is 13.1. The molecule has 0 radical (unpaired) electrons. The first-order valence-corrected chi connectivity index (χ1v) is 13.3. The van der Waals surface area contributed by atoms with E-state index in [0.29, 0.717) is 37.3 Å².